The Morgan fingerprint density at radius 2 is 1.90 bits per heavy atom. The summed E-state index contributed by atoms with van der Waals surface area (Å²) in [6, 6.07) is 4.56. The summed E-state index contributed by atoms with van der Waals surface area (Å²) in [6.07, 6.45) is -0.743. The van der Waals surface area contributed by atoms with Crippen LogP contribution < -0.4 is 4.74 Å². The average molecular weight is 357 g/mol. The number of hydrogen-bond acceptors (Lipinski definition) is 6. The van der Waals surface area contributed by atoms with E-state index < -0.39 is 19.9 Å². The number of hydrogen-bond donors (Lipinski definition) is 0. The molecule has 0 aliphatic rings. The molecule has 0 aromatic heterocycles. The van der Waals surface area contributed by atoms with E-state index in [-0.39, 0.29) is 17.2 Å². The number of phosphoric ester groups is 1. The quantitative estimate of drug-likeness (QED) is 0.685. The minimum absolute atomic E-state index is 0.246. The van der Waals surface area contributed by atoms with Crippen molar-refractivity contribution in [3.05, 3.63) is 28.2 Å². The molecule has 0 bridgehead atoms. The van der Waals surface area contributed by atoms with Crippen molar-refractivity contribution < 1.29 is 27.7 Å². The third-order valence-corrected chi connectivity index (χ3v) is 4.27. The van der Waals surface area contributed by atoms with Gasteiger partial charge < -0.3 is 9.26 Å². The number of benzene rings is 1. The number of ether oxygens (including phenoxy) is 1. The smallest absolute Gasteiger partial charge is 0.477 e. The van der Waals surface area contributed by atoms with Gasteiger partial charge in [0.15, 0.2) is 6.10 Å². The van der Waals surface area contributed by atoms with E-state index in [1.54, 1.807) is 13.0 Å². The molecule has 0 aliphatic carbocycles. The van der Waals surface area contributed by atoms with E-state index in [0.717, 1.165) is 14.2 Å². The highest BCUT2D eigenvalue weighted by Gasteiger charge is 2.32. The first kappa shape index (κ1) is 18.3. The lowest BCUT2D eigenvalue weighted by atomic mass is 10.2. The van der Waals surface area contributed by atoms with Gasteiger partial charge in [-0.1, -0.05) is 30.1 Å². The summed E-state index contributed by atoms with van der Waals surface area (Å²) < 4.78 is 31.0. The summed E-state index contributed by atoms with van der Waals surface area (Å²) in [4.78, 5) is 11.9. The number of rotatable bonds is 7. The van der Waals surface area contributed by atoms with E-state index in [1.165, 1.54) is 12.1 Å². The molecule has 0 fully saturated rings. The molecule has 0 radical (unpaired) electrons. The average Bonchev–Trinajstić information content (AvgIpc) is 2.46. The zero-order valence-electron chi connectivity index (χ0n) is 11.7. The minimum Gasteiger partial charge on any atom is -0.477 e. The fourth-order valence-corrected chi connectivity index (χ4v) is 2.43. The molecule has 0 N–H and O–H groups in total. The Balaban J connectivity index is 2.83. The van der Waals surface area contributed by atoms with Crippen molar-refractivity contribution in [3.63, 3.8) is 0 Å². The highest BCUT2D eigenvalue weighted by molar-refractivity contribution is 7.49. The summed E-state index contributed by atoms with van der Waals surface area (Å²) in [7, 11) is -1.70. The predicted octanol–water partition coefficient (Wildman–Crippen LogP) is 4.09. The van der Waals surface area contributed by atoms with Crippen LogP contribution >= 0.6 is 31.0 Å². The van der Waals surface area contributed by atoms with Crippen LogP contribution in [0.15, 0.2) is 18.2 Å². The minimum atomic E-state index is -3.91. The van der Waals surface area contributed by atoms with Crippen LogP contribution in [0.5, 0.6) is 5.75 Å². The molecule has 1 aromatic carbocycles. The molecule has 0 spiro atoms. The van der Waals surface area contributed by atoms with Crippen molar-refractivity contribution in [2.24, 2.45) is 0 Å². The maximum absolute atomic E-state index is 11.9. The van der Waals surface area contributed by atoms with Crippen molar-refractivity contribution >= 4 is 37.0 Å². The van der Waals surface area contributed by atoms with E-state index in [9.17, 15) is 9.36 Å². The van der Waals surface area contributed by atoms with Crippen molar-refractivity contribution in [2.75, 3.05) is 14.2 Å². The van der Waals surface area contributed by atoms with E-state index in [2.05, 4.69) is 9.05 Å². The number of carbonyl (C=O) groups is 1. The van der Waals surface area contributed by atoms with Gasteiger partial charge in [-0.15, -0.1) is 0 Å². The molecule has 0 amide bonds. The summed E-state index contributed by atoms with van der Waals surface area (Å²) in [6.45, 7) is 1.69. The van der Waals surface area contributed by atoms with Gasteiger partial charge in [0.05, 0.1) is 5.02 Å². The molecule has 118 valence electrons. The third-order valence-electron chi connectivity index (χ3n) is 2.45. The third kappa shape index (κ3) is 5.16. The molecule has 1 atom stereocenters. The second-order valence-corrected chi connectivity index (χ2v) is 6.46. The standard InChI is InChI=1S/C12H15Cl2O6P/c1-4-10(12(15)20-21(16,17-2)18-3)19-11-6-5-8(13)7-9(11)14/h5-7,10H,4H2,1-3H3. The molecule has 21 heavy (non-hydrogen) atoms. The molecule has 1 unspecified atom stereocenters. The van der Waals surface area contributed by atoms with Crippen molar-refractivity contribution in [2.45, 2.75) is 19.4 Å². The fraction of sp³-hybridized carbons (Fsp3) is 0.417. The predicted molar refractivity (Wildman–Crippen MR) is 78.9 cm³/mol. The van der Waals surface area contributed by atoms with Crippen LogP contribution in [0, 0.1) is 0 Å². The second kappa shape index (κ2) is 8.01. The van der Waals surface area contributed by atoms with Crippen LogP contribution in [0.4, 0.5) is 0 Å². The van der Waals surface area contributed by atoms with Crippen LogP contribution in [0.25, 0.3) is 0 Å². The molecule has 0 saturated heterocycles. The highest BCUT2D eigenvalue weighted by Crippen LogP contribution is 2.48. The van der Waals surface area contributed by atoms with Crippen LogP contribution in [-0.4, -0.2) is 26.3 Å². The zero-order valence-corrected chi connectivity index (χ0v) is 14.1. The molecule has 0 saturated carbocycles. The summed E-state index contributed by atoms with van der Waals surface area (Å²) >= 11 is 11.7. The van der Waals surface area contributed by atoms with Gasteiger partial charge in [-0.25, -0.2) is 9.36 Å². The maximum atomic E-state index is 11.9. The van der Waals surface area contributed by atoms with Gasteiger partial charge in [-0.05, 0) is 24.6 Å². The molecule has 9 heteroatoms. The number of carbonyl (C=O) groups excluding carboxylic acids is 1. The first-order valence-electron chi connectivity index (χ1n) is 5.91. The van der Waals surface area contributed by atoms with E-state index in [1.807, 2.05) is 0 Å². The van der Waals surface area contributed by atoms with Gasteiger partial charge in [0, 0.05) is 19.2 Å². The van der Waals surface area contributed by atoms with Crippen molar-refractivity contribution in [3.8, 4) is 5.75 Å². The lowest BCUT2D eigenvalue weighted by Gasteiger charge is -2.19. The lowest BCUT2D eigenvalue weighted by Crippen LogP contribution is -2.28. The normalized spacial score (nSPS) is 12.8. The van der Waals surface area contributed by atoms with E-state index in [0.29, 0.717) is 5.02 Å². The first-order valence-corrected chi connectivity index (χ1v) is 8.13. The van der Waals surface area contributed by atoms with Gasteiger partial charge in [-0.3, -0.25) is 9.05 Å². The Bertz CT molecular complexity index is 543. The Morgan fingerprint density at radius 1 is 1.29 bits per heavy atom. The maximum Gasteiger partial charge on any atom is 0.531 e. The Hall–Kier alpha value is -0.780. The van der Waals surface area contributed by atoms with E-state index >= 15 is 0 Å². The summed E-state index contributed by atoms with van der Waals surface area (Å²) in [5.41, 5.74) is 0. The van der Waals surface area contributed by atoms with Gasteiger partial charge in [0.2, 0.25) is 0 Å². The molecule has 6 nitrogen and oxygen atoms in total. The van der Waals surface area contributed by atoms with Crippen LogP contribution in [0.3, 0.4) is 0 Å². The van der Waals surface area contributed by atoms with Crippen LogP contribution in [0.2, 0.25) is 10.0 Å². The highest BCUT2D eigenvalue weighted by atomic mass is 35.5. The molecular weight excluding hydrogens is 342 g/mol. The largest absolute Gasteiger partial charge is 0.531 e. The van der Waals surface area contributed by atoms with Crippen molar-refractivity contribution in [1.29, 1.82) is 0 Å². The van der Waals surface area contributed by atoms with Gasteiger partial charge in [-0.2, -0.15) is 0 Å². The monoisotopic (exact) mass is 356 g/mol. The number of halogens is 2. The Labute approximate surface area is 132 Å². The summed E-state index contributed by atoms with van der Waals surface area (Å²) in [5.74, 6) is -0.620. The molecular formula is C12H15Cl2O6P. The topological polar surface area (TPSA) is 71.1 Å². The fourth-order valence-electron chi connectivity index (χ4n) is 1.34. The van der Waals surface area contributed by atoms with E-state index in [4.69, 9.17) is 32.5 Å². The van der Waals surface area contributed by atoms with Gasteiger partial charge in [0.25, 0.3) is 0 Å². The van der Waals surface area contributed by atoms with Crippen LogP contribution in [-0.2, 0) is 22.9 Å². The number of phosphoric acid groups is 1. The zero-order chi connectivity index (χ0) is 16.0. The van der Waals surface area contributed by atoms with Crippen LogP contribution in [0.1, 0.15) is 13.3 Å². The Kier molecular flexibility index (Phi) is 6.97. The molecule has 1 rings (SSSR count). The summed E-state index contributed by atoms with van der Waals surface area (Å²) in [5, 5.41) is 0.682. The molecule has 0 aliphatic heterocycles. The Morgan fingerprint density at radius 3 is 2.38 bits per heavy atom. The molecule has 0 heterocycles. The lowest BCUT2D eigenvalue weighted by molar-refractivity contribution is -0.144. The van der Waals surface area contributed by atoms with Gasteiger partial charge in [0.1, 0.15) is 5.75 Å². The SMILES string of the molecule is CCC(Oc1ccc(Cl)cc1Cl)C(=O)OP(=O)(OC)OC. The molecule has 1 aromatic rings. The van der Waals surface area contributed by atoms with Gasteiger partial charge >= 0.3 is 13.8 Å². The second-order valence-electron chi connectivity index (χ2n) is 3.81. The van der Waals surface area contributed by atoms with Crippen molar-refractivity contribution in [1.82, 2.24) is 0 Å². The first-order chi connectivity index (χ1) is 9.85.